The third-order valence-corrected chi connectivity index (χ3v) is 5.43. The number of thiophene rings is 1. The topological polar surface area (TPSA) is 21.3 Å². The van der Waals surface area contributed by atoms with Crippen LogP contribution in [-0.4, -0.2) is 19.8 Å². The van der Waals surface area contributed by atoms with Crippen LogP contribution in [0.25, 0.3) is 0 Å². The standard InChI is InChI=1S/C16H27NOS/c1-5-17-15(12-8-10-18-11-9-12)13-6-7-14(19-13)16(2,3)4/h6-7,12,15,17H,5,8-11H2,1-4H3. The lowest BCUT2D eigenvalue weighted by molar-refractivity contribution is 0.0542. The molecule has 2 nitrogen and oxygen atoms in total. The van der Waals surface area contributed by atoms with Crippen LogP contribution in [0.2, 0.25) is 0 Å². The van der Waals surface area contributed by atoms with Crippen LogP contribution < -0.4 is 5.32 Å². The molecule has 0 spiro atoms. The Kier molecular flexibility index (Phi) is 5.04. The van der Waals surface area contributed by atoms with Gasteiger partial charge in [0.1, 0.15) is 0 Å². The predicted molar refractivity (Wildman–Crippen MR) is 83.0 cm³/mol. The van der Waals surface area contributed by atoms with Crippen molar-refractivity contribution in [1.29, 1.82) is 0 Å². The second-order valence-electron chi connectivity index (χ2n) is 6.44. The van der Waals surface area contributed by atoms with E-state index in [1.54, 1.807) is 0 Å². The van der Waals surface area contributed by atoms with Gasteiger partial charge in [0, 0.05) is 29.0 Å². The lowest BCUT2D eigenvalue weighted by Crippen LogP contribution is -2.31. The Morgan fingerprint density at radius 1 is 1.32 bits per heavy atom. The van der Waals surface area contributed by atoms with Gasteiger partial charge in [0.25, 0.3) is 0 Å². The van der Waals surface area contributed by atoms with Crippen molar-refractivity contribution in [2.24, 2.45) is 5.92 Å². The Morgan fingerprint density at radius 2 is 2.00 bits per heavy atom. The van der Waals surface area contributed by atoms with Crippen LogP contribution in [0.1, 0.15) is 56.3 Å². The molecule has 1 N–H and O–H groups in total. The van der Waals surface area contributed by atoms with Crippen LogP contribution in [-0.2, 0) is 10.2 Å². The molecule has 108 valence electrons. The molecule has 1 aliphatic rings. The maximum atomic E-state index is 5.50. The van der Waals surface area contributed by atoms with Gasteiger partial charge in [0.05, 0.1) is 0 Å². The van der Waals surface area contributed by atoms with E-state index < -0.39 is 0 Å². The second kappa shape index (κ2) is 6.38. The molecule has 0 amide bonds. The zero-order valence-corrected chi connectivity index (χ0v) is 13.5. The lowest BCUT2D eigenvalue weighted by Gasteiger charge is -2.30. The molecule has 2 rings (SSSR count). The Balaban J connectivity index is 2.16. The molecule has 0 aliphatic carbocycles. The smallest absolute Gasteiger partial charge is 0.0469 e. The van der Waals surface area contributed by atoms with E-state index in [1.165, 1.54) is 22.6 Å². The van der Waals surface area contributed by atoms with Gasteiger partial charge in [-0.3, -0.25) is 0 Å². The molecule has 1 saturated heterocycles. The molecule has 1 aliphatic heterocycles. The molecule has 3 heteroatoms. The number of hydrogen-bond donors (Lipinski definition) is 1. The van der Waals surface area contributed by atoms with Gasteiger partial charge in [-0.05, 0) is 42.9 Å². The van der Waals surface area contributed by atoms with Crippen LogP contribution in [0.4, 0.5) is 0 Å². The first kappa shape index (κ1) is 15.0. The largest absolute Gasteiger partial charge is 0.381 e. The van der Waals surface area contributed by atoms with Gasteiger partial charge >= 0.3 is 0 Å². The minimum atomic E-state index is 0.259. The van der Waals surface area contributed by atoms with Gasteiger partial charge in [-0.25, -0.2) is 0 Å². The fourth-order valence-corrected chi connectivity index (χ4v) is 3.93. The summed E-state index contributed by atoms with van der Waals surface area (Å²) in [5.74, 6) is 0.722. The maximum Gasteiger partial charge on any atom is 0.0469 e. The van der Waals surface area contributed by atoms with Crippen molar-refractivity contribution in [1.82, 2.24) is 5.32 Å². The summed E-state index contributed by atoms with van der Waals surface area (Å²) in [6, 6.07) is 5.15. The molecule has 0 bridgehead atoms. The molecule has 1 atom stereocenters. The van der Waals surface area contributed by atoms with Crippen LogP contribution >= 0.6 is 11.3 Å². The number of nitrogens with one attached hydrogen (secondary N) is 1. The molecule has 0 aromatic carbocycles. The highest BCUT2D eigenvalue weighted by molar-refractivity contribution is 7.12. The molecule has 19 heavy (non-hydrogen) atoms. The quantitative estimate of drug-likeness (QED) is 0.896. The van der Waals surface area contributed by atoms with Crippen molar-refractivity contribution >= 4 is 11.3 Å². The summed E-state index contributed by atoms with van der Waals surface area (Å²) in [6.45, 7) is 11.9. The van der Waals surface area contributed by atoms with Crippen molar-refractivity contribution in [2.75, 3.05) is 19.8 Å². The second-order valence-corrected chi connectivity index (χ2v) is 7.55. The van der Waals surface area contributed by atoms with Gasteiger partial charge in [-0.15, -0.1) is 11.3 Å². The van der Waals surface area contributed by atoms with Crippen LogP contribution in [0.15, 0.2) is 12.1 Å². The van der Waals surface area contributed by atoms with E-state index in [-0.39, 0.29) is 5.41 Å². The summed E-state index contributed by atoms with van der Waals surface area (Å²) in [4.78, 5) is 2.98. The highest BCUT2D eigenvalue weighted by Crippen LogP contribution is 2.37. The van der Waals surface area contributed by atoms with E-state index in [2.05, 4.69) is 45.1 Å². The van der Waals surface area contributed by atoms with E-state index >= 15 is 0 Å². The predicted octanol–water partition coefficient (Wildman–Crippen LogP) is 4.12. The fraction of sp³-hybridized carbons (Fsp3) is 0.750. The van der Waals surface area contributed by atoms with E-state index in [4.69, 9.17) is 4.74 Å². The third kappa shape index (κ3) is 3.80. The molecular weight excluding hydrogens is 254 g/mol. The summed E-state index contributed by atoms with van der Waals surface area (Å²) in [7, 11) is 0. The molecule has 0 radical (unpaired) electrons. The van der Waals surface area contributed by atoms with Gasteiger partial charge in [0.2, 0.25) is 0 Å². The minimum absolute atomic E-state index is 0.259. The Morgan fingerprint density at radius 3 is 2.53 bits per heavy atom. The zero-order chi connectivity index (χ0) is 13.9. The summed E-state index contributed by atoms with van der Waals surface area (Å²) < 4.78 is 5.50. The molecule has 2 heterocycles. The zero-order valence-electron chi connectivity index (χ0n) is 12.7. The molecule has 1 aromatic rings. The van der Waals surface area contributed by atoms with Crippen LogP contribution in [0.5, 0.6) is 0 Å². The first-order valence-corrected chi connectivity index (χ1v) is 8.25. The van der Waals surface area contributed by atoms with Crippen LogP contribution in [0.3, 0.4) is 0 Å². The number of hydrogen-bond acceptors (Lipinski definition) is 3. The summed E-state index contributed by atoms with van der Waals surface area (Å²) >= 11 is 1.98. The molecule has 1 aromatic heterocycles. The van der Waals surface area contributed by atoms with Crippen molar-refractivity contribution in [2.45, 2.75) is 52.0 Å². The molecule has 1 unspecified atom stereocenters. The van der Waals surface area contributed by atoms with Gasteiger partial charge in [-0.2, -0.15) is 0 Å². The van der Waals surface area contributed by atoms with E-state index in [1.807, 2.05) is 11.3 Å². The summed E-state index contributed by atoms with van der Waals surface area (Å²) in [5, 5.41) is 3.69. The lowest BCUT2D eigenvalue weighted by atomic mass is 9.90. The Hall–Kier alpha value is -0.380. The maximum absolute atomic E-state index is 5.50. The normalized spacial score (nSPS) is 19.6. The van der Waals surface area contributed by atoms with Crippen molar-refractivity contribution in [3.05, 3.63) is 21.9 Å². The van der Waals surface area contributed by atoms with Crippen molar-refractivity contribution < 1.29 is 4.74 Å². The van der Waals surface area contributed by atoms with Gasteiger partial charge < -0.3 is 10.1 Å². The highest BCUT2D eigenvalue weighted by Gasteiger charge is 2.27. The minimum Gasteiger partial charge on any atom is -0.381 e. The third-order valence-electron chi connectivity index (χ3n) is 3.83. The van der Waals surface area contributed by atoms with Gasteiger partial charge in [0.15, 0.2) is 0 Å². The summed E-state index contributed by atoms with van der Waals surface area (Å²) in [6.07, 6.45) is 2.36. The van der Waals surface area contributed by atoms with Crippen LogP contribution in [0, 0.1) is 5.92 Å². The summed E-state index contributed by atoms with van der Waals surface area (Å²) in [5.41, 5.74) is 0.259. The molecular formula is C16H27NOS. The average molecular weight is 281 g/mol. The fourth-order valence-electron chi connectivity index (χ4n) is 2.69. The Bertz CT molecular complexity index is 388. The SMILES string of the molecule is CCNC(c1ccc(C(C)(C)C)s1)C1CCOCC1. The van der Waals surface area contributed by atoms with E-state index in [9.17, 15) is 0 Å². The highest BCUT2D eigenvalue weighted by atomic mass is 32.1. The first-order chi connectivity index (χ1) is 9.02. The van der Waals surface area contributed by atoms with Crippen molar-refractivity contribution in [3.8, 4) is 0 Å². The molecule has 1 fully saturated rings. The number of ether oxygens (including phenoxy) is 1. The van der Waals surface area contributed by atoms with Crippen molar-refractivity contribution in [3.63, 3.8) is 0 Å². The molecule has 0 saturated carbocycles. The number of rotatable bonds is 4. The van der Waals surface area contributed by atoms with E-state index in [0.717, 1.165) is 25.7 Å². The first-order valence-electron chi connectivity index (χ1n) is 7.43. The van der Waals surface area contributed by atoms with E-state index in [0.29, 0.717) is 6.04 Å². The average Bonchev–Trinajstić information content (AvgIpc) is 2.86. The Labute approximate surface area is 121 Å². The van der Waals surface area contributed by atoms with Gasteiger partial charge in [-0.1, -0.05) is 27.7 Å². The monoisotopic (exact) mass is 281 g/mol.